The molecule has 94 valence electrons. The van der Waals surface area contributed by atoms with Crippen LogP contribution in [0.4, 0.5) is 4.39 Å². The van der Waals surface area contributed by atoms with Crippen LogP contribution in [0.1, 0.15) is 31.4 Å². The smallest absolute Gasteiger partial charge is 0.170 e. The molecule has 1 aromatic rings. The summed E-state index contributed by atoms with van der Waals surface area (Å²) in [5.74, 6) is -0.482. The molecule has 1 rings (SSSR count). The first-order chi connectivity index (χ1) is 8.08. The molecular weight excluding hydrogens is 221 g/mol. The molecule has 1 unspecified atom stereocenters. The van der Waals surface area contributed by atoms with Crippen LogP contribution >= 0.6 is 0 Å². The number of hydrogen-bond donors (Lipinski definition) is 3. The molecule has 0 radical (unpaired) electrons. The Bertz CT molecular complexity index is 407. The van der Waals surface area contributed by atoms with Gasteiger partial charge >= 0.3 is 0 Å². The summed E-state index contributed by atoms with van der Waals surface area (Å²) in [6, 6.07) is 4.63. The van der Waals surface area contributed by atoms with Gasteiger partial charge in [0, 0.05) is 18.2 Å². The molecule has 0 bridgehead atoms. The Morgan fingerprint density at radius 2 is 2.29 bits per heavy atom. The van der Waals surface area contributed by atoms with E-state index < -0.39 is 5.82 Å². The van der Waals surface area contributed by atoms with Crippen molar-refractivity contribution in [1.29, 1.82) is 0 Å². The van der Waals surface area contributed by atoms with Crippen LogP contribution in [0.15, 0.2) is 23.4 Å². The molecule has 0 saturated carbocycles. The topological polar surface area (TPSA) is 70.6 Å². The summed E-state index contributed by atoms with van der Waals surface area (Å²) in [5, 5.41) is 14.8. The molecule has 1 atom stereocenters. The number of amidine groups is 1. The minimum atomic E-state index is -0.404. The van der Waals surface area contributed by atoms with Crippen LogP contribution in [-0.4, -0.2) is 17.1 Å². The van der Waals surface area contributed by atoms with Crippen LogP contribution in [0.2, 0.25) is 0 Å². The van der Waals surface area contributed by atoms with Gasteiger partial charge in [0.15, 0.2) is 5.84 Å². The highest BCUT2D eigenvalue weighted by Crippen LogP contribution is 2.11. The molecule has 0 fully saturated rings. The summed E-state index contributed by atoms with van der Waals surface area (Å²) in [6.07, 6.45) is 1.00. The number of nitrogens with one attached hydrogen (secondary N) is 1. The lowest BCUT2D eigenvalue weighted by molar-refractivity contribution is 0.318. The Labute approximate surface area is 100 Å². The number of halogens is 1. The van der Waals surface area contributed by atoms with E-state index in [1.54, 1.807) is 6.07 Å². The van der Waals surface area contributed by atoms with Crippen molar-refractivity contribution >= 4 is 5.84 Å². The lowest BCUT2D eigenvalue weighted by atomic mass is 10.1. The van der Waals surface area contributed by atoms with Gasteiger partial charge in [-0.05, 0) is 31.0 Å². The lowest BCUT2D eigenvalue weighted by Gasteiger charge is -2.13. The molecule has 0 aromatic heterocycles. The molecule has 0 aliphatic rings. The number of oxime groups is 1. The zero-order chi connectivity index (χ0) is 12.8. The molecule has 0 aliphatic heterocycles. The van der Waals surface area contributed by atoms with Gasteiger partial charge in [-0.1, -0.05) is 18.1 Å². The summed E-state index contributed by atoms with van der Waals surface area (Å²) in [6.45, 7) is 4.69. The SMILES string of the molecule is CCC(C)NCc1ccc(F)cc1C(N)=NO. The van der Waals surface area contributed by atoms with E-state index >= 15 is 0 Å². The molecule has 0 spiro atoms. The molecule has 17 heavy (non-hydrogen) atoms. The van der Waals surface area contributed by atoms with Gasteiger partial charge in [-0.15, -0.1) is 0 Å². The Morgan fingerprint density at radius 3 is 2.88 bits per heavy atom. The second-order valence-electron chi connectivity index (χ2n) is 3.98. The maximum Gasteiger partial charge on any atom is 0.170 e. The third-order valence-electron chi connectivity index (χ3n) is 2.71. The number of hydrogen-bond acceptors (Lipinski definition) is 3. The minimum absolute atomic E-state index is 0.0783. The van der Waals surface area contributed by atoms with Crippen LogP contribution < -0.4 is 11.1 Å². The first-order valence-corrected chi connectivity index (χ1v) is 5.58. The summed E-state index contributed by atoms with van der Waals surface area (Å²) >= 11 is 0. The molecule has 0 saturated heterocycles. The van der Waals surface area contributed by atoms with E-state index in [9.17, 15) is 4.39 Å². The van der Waals surface area contributed by atoms with Crippen molar-refractivity contribution in [3.05, 3.63) is 35.1 Å². The number of benzene rings is 1. The quantitative estimate of drug-likeness (QED) is 0.317. The fourth-order valence-electron chi connectivity index (χ4n) is 1.42. The zero-order valence-electron chi connectivity index (χ0n) is 10.1. The van der Waals surface area contributed by atoms with Crippen LogP contribution in [0.5, 0.6) is 0 Å². The van der Waals surface area contributed by atoms with Gasteiger partial charge in [0.05, 0.1) is 0 Å². The molecule has 0 heterocycles. The standard InChI is InChI=1S/C12H18FN3O/c1-3-8(2)15-7-9-4-5-10(13)6-11(9)12(14)16-17/h4-6,8,15,17H,3,7H2,1-2H3,(H2,14,16). The van der Waals surface area contributed by atoms with E-state index in [0.29, 0.717) is 18.2 Å². The van der Waals surface area contributed by atoms with Crippen molar-refractivity contribution in [1.82, 2.24) is 5.32 Å². The van der Waals surface area contributed by atoms with Gasteiger partial charge in [-0.25, -0.2) is 4.39 Å². The van der Waals surface area contributed by atoms with Gasteiger partial charge in [0.1, 0.15) is 5.82 Å². The number of nitrogens with two attached hydrogens (primary N) is 1. The Balaban J connectivity index is 2.91. The number of rotatable bonds is 5. The van der Waals surface area contributed by atoms with Crippen LogP contribution in [0, 0.1) is 5.82 Å². The second-order valence-corrected chi connectivity index (χ2v) is 3.98. The van der Waals surface area contributed by atoms with E-state index in [4.69, 9.17) is 10.9 Å². The first kappa shape index (κ1) is 13.4. The van der Waals surface area contributed by atoms with Crippen molar-refractivity contribution in [3.8, 4) is 0 Å². The molecule has 4 nitrogen and oxygen atoms in total. The molecule has 4 N–H and O–H groups in total. The monoisotopic (exact) mass is 239 g/mol. The predicted octanol–water partition coefficient (Wildman–Crippen LogP) is 1.81. The van der Waals surface area contributed by atoms with Gasteiger partial charge in [-0.2, -0.15) is 0 Å². The zero-order valence-corrected chi connectivity index (χ0v) is 10.1. The van der Waals surface area contributed by atoms with Crippen molar-refractivity contribution < 1.29 is 9.60 Å². The van der Waals surface area contributed by atoms with E-state index in [2.05, 4.69) is 24.3 Å². The third-order valence-corrected chi connectivity index (χ3v) is 2.71. The maximum absolute atomic E-state index is 13.1. The highest BCUT2D eigenvalue weighted by Gasteiger charge is 2.09. The Hall–Kier alpha value is -1.62. The number of nitrogens with zero attached hydrogens (tertiary/aromatic N) is 1. The minimum Gasteiger partial charge on any atom is -0.409 e. The van der Waals surface area contributed by atoms with Gasteiger partial charge in [0.2, 0.25) is 0 Å². The molecular formula is C12H18FN3O. The third kappa shape index (κ3) is 3.71. The highest BCUT2D eigenvalue weighted by atomic mass is 19.1. The van der Waals surface area contributed by atoms with Gasteiger partial charge in [0.25, 0.3) is 0 Å². The van der Waals surface area contributed by atoms with Crippen molar-refractivity contribution in [2.45, 2.75) is 32.9 Å². The van der Waals surface area contributed by atoms with Gasteiger partial charge < -0.3 is 16.3 Å². The average molecular weight is 239 g/mol. The molecule has 0 aliphatic carbocycles. The van der Waals surface area contributed by atoms with Crippen LogP contribution in [-0.2, 0) is 6.54 Å². The van der Waals surface area contributed by atoms with Crippen molar-refractivity contribution in [3.63, 3.8) is 0 Å². The van der Waals surface area contributed by atoms with E-state index in [1.165, 1.54) is 12.1 Å². The fourth-order valence-corrected chi connectivity index (χ4v) is 1.42. The normalized spacial score (nSPS) is 13.7. The van der Waals surface area contributed by atoms with Gasteiger partial charge in [-0.3, -0.25) is 0 Å². The summed E-state index contributed by atoms with van der Waals surface area (Å²) in [5.41, 5.74) is 6.74. The molecule has 1 aromatic carbocycles. The second kappa shape index (κ2) is 6.20. The van der Waals surface area contributed by atoms with Crippen LogP contribution in [0.25, 0.3) is 0 Å². The van der Waals surface area contributed by atoms with E-state index in [1.807, 2.05) is 0 Å². The highest BCUT2D eigenvalue weighted by molar-refractivity contribution is 5.98. The summed E-state index contributed by atoms with van der Waals surface area (Å²) in [4.78, 5) is 0. The van der Waals surface area contributed by atoms with E-state index in [0.717, 1.165) is 12.0 Å². The largest absolute Gasteiger partial charge is 0.409 e. The maximum atomic E-state index is 13.1. The lowest BCUT2D eigenvalue weighted by Crippen LogP contribution is -2.26. The summed E-state index contributed by atoms with van der Waals surface area (Å²) < 4.78 is 13.1. The van der Waals surface area contributed by atoms with E-state index in [-0.39, 0.29) is 5.84 Å². The summed E-state index contributed by atoms with van der Waals surface area (Å²) in [7, 11) is 0. The molecule has 5 heteroatoms. The van der Waals surface area contributed by atoms with Crippen LogP contribution in [0.3, 0.4) is 0 Å². The first-order valence-electron chi connectivity index (χ1n) is 5.58. The van der Waals surface area contributed by atoms with Crippen molar-refractivity contribution in [2.24, 2.45) is 10.9 Å². The molecule has 0 amide bonds. The Morgan fingerprint density at radius 1 is 1.59 bits per heavy atom. The van der Waals surface area contributed by atoms with Crippen molar-refractivity contribution in [2.75, 3.05) is 0 Å². The fraction of sp³-hybridized carbons (Fsp3) is 0.417. The average Bonchev–Trinajstić information content (AvgIpc) is 2.35. The Kier molecular flexibility index (Phi) is 4.90. The predicted molar refractivity (Wildman–Crippen MR) is 65.5 cm³/mol.